The minimum atomic E-state index is -0.0419. The van der Waals surface area contributed by atoms with E-state index in [1.165, 1.54) is 24.6 Å². The Morgan fingerprint density at radius 2 is 2.17 bits per heavy atom. The average molecular weight is 409 g/mol. The number of nitrogens with one attached hydrogen (secondary N) is 1. The molecular formula is C17H21BrN4OS. The highest BCUT2D eigenvalue weighted by atomic mass is 79.9. The molecule has 24 heavy (non-hydrogen) atoms. The van der Waals surface area contributed by atoms with E-state index in [4.69, 9.17) is 0 Å². The van der Waals surface area contributed by atoms with Gasteiger partial charge in [-0.3, -0.25) is 4.79 Å². The standard InChI is InChI=1S/C17H21BrN4OS/c1-3-22-16(12-8-9-12)20-21-17(22)24-10-15(23)19-11(2)13-6-4-5-7-14(13)18/h4-7,11-12H,3,8-10H2,1-2H3,(H,19,23)/t11-/m0/s1. The molecule has 1 atom stereocenters. The van der Waals surface area contributed by atoms with E-state index in [2.05, 4.69) is 42.9 Å². The second-order valence-corrected chi connectivity index (χ2v) is 7.76. The Bertz CT molecular complexity index is 729. The van der Waals surface area contributed by atoms with Crippen molar-refractivity contribution in [3.8, 4) is 0 Å². The first-order valence-corrected chi connectivity index (χ1v) is 9.97. The topological polar surface area (TPSA) is 59.8 Å². The molecule has 2 aromatic rings. The van der Waals surface area contributed by atoms with Gasteiger partial charge in [0.1, 0.15) is 5.82 Å². The van der Waals surface area contributed by atoms with Crippen molar-refractivity contribution in [3.63, 3.8) is 0 Å². The van der Waals surface area contributed by atoms with Gasteiger partial charge in [-0.2, -0.15) is 0 Å². The van der Waals surface area contributed by atoms with Crippen LogP contribution in [0.5, 0.6) is 0 Å². The van der Waals surface area contributed by atoms with Gasteiger partial charge in [-0.05, 0) is 38.3 Å². The number of aromatic nitrogens is 3. The van der Waals surface area contributed by atoms with Crippen LogP contribution in [-0.4, -0.2) is 26.4 Å². The number of carbonyl (C=O) groups excluding carboxylic acids is 1. The van der Waals surface area contributed by atoms with E-state index in [1.807, 2.05) is 31.2 Å². The van der Waals surface area contributed by atoms with Crippen LogP contribution in [0.2, 0.25) is 0 Å². The molecule has 0 unspecified atom stereocenters. The zero-order valence-electron chi connectivity index (χ0n) is 13.8. The van der Waals surface area contributed by atoms with E-state index < -0.39 is 0 Å². The van der Waals surface area contributed by atoms with Gasteiger partial charge in [-0.1, -0.05) is 45.9 Å². The molecule has 1 fully saturated rings. The van der Waals surface area contributed by atoms with Gasteiger partial charge in [-0.15, -0.1) is 10.2 Å². The number of carbonyl (C=O) groups is 1. The number of nitrogens with zero attached hydrogens (tertiary/aromatic N) is 3. The first-order valence-electron chi connectivity index (χ1n) is 8.19. The maximum absolute atomic E-state index is 12.3. The van der Waals surface area contributed by atoms with E-state index in [9.17, 15) is 4.79 Å². The van der Waals surface area contributed by atoms with E-state index >= 15 is 0 Å². The first-order chi connectivity index (χ1) is 11.6. The Hall–Kier alpha value is -1.34. The molecule has 1 amide bonds. The highest BCUT2D eigenvalue weighted by molar-refractivity contribution is 9.10. The summed E-state index contributed by atoms with van der Waals surface area (Å²) in [5.74, 6) is 1.98. The minimum Gasteiger partial charge on any atom is -0.349 e. The Morgan fingerprint density at radius 3 is 2.83 bits per heavy atom. The normalized spacial score (nSPS) is 15.3. The molecule has 128 valence electrons. The van der Waals surface area contributed by atoms with Gasteiger partial charge in [0.05, 0.1) is 11.8 Å². The lowest BCUT2D eigenvalue weighted by Crippen LogP contribution is -2.28. The van der Waals surface area contributed by atoms with Crippen LogP contribution in [0.25, 0.3) is 0 Å². The SMILES string of the molecule is CCn1c(SCC(=O)N[C@@H](C)c2ccccc2Br)nnc1C1CC1. The van der Waals surface area contributed by atoms with Crippen LogP contribution in [0.3, 0.4) is 0 Å². The van der Waals surface area contributed by atoms with Crippen molar-refractivity contribution in [2.75, 3.05) is 5.75 Å². The fourth-order valence-corrected chi connectivity index (χ4v) is 4.11. The summed E-state index contributed by atoms with van der Waals surface area (Å²) in [7, 11) is 0. The second kappa shape index (κ2) is 7.70. The summed E-state index contributed by atoms with van der Waals surface area (Å²) in [4.78, 5) is 12.3. The maximum Gasteiger partial charge on any atom is 0.230 e. The van der Waals surface area contributed by atoms with Crippen molar-refractivity contribution >= 4 is 33.6 Å². The minimum absolute atomic E-state index is 0.00174. The molecule has 1 aromatic carbocycles. The van der Waals surface area contributed by atoms with Gasteiger partial charge in [0.15, 0.2) is 5.16 Å². The number of benzene rings is 1. The summed E-state index contributed by atoms with van der Waals surface area (Å²) in [6.45, 7) is 4.92. The molecule has 1 saturated carbocycles. The summed E-state index contributed by atoms with van der Waals surface area (Å²) in [6, 6.07) is 7.89. The average Bonchev–Trinajstić information content (AvgIpc) is 3.33. The van der Waals surface area contributed by atoms with Crippen LogP contribution in [0.4, 0.5) is 0 Å². The Balaban J connectivity index is 1.57. The smallest absolute Gasteiger partial charge is 0.230 e. The monoisotopic (exact) mass is 408 g/mol. The zero-order valence-corrected chi connectivity index (χ0v) is 16.2. The number of thioether (sulfide) groups is 1. The lowest BCUT2D eigenvalue weighted by atomic mass is 10.1. The first kappa shape index (κ1) is 17.5. The van der Waals surface area contributed by atoms with E-state index in [0.717, 1.165) is 27.6 Å². The van der Waals surface area contributed by atoms with Crippen LogP contribution in [0.1, 0.15) is 50.0 Å². The fraction of sp³-hybridized carbons (Fsp3) is 0.471. The molecule has 1 aliphatic rings. The van der Waals surface area contributed by atoms with Crippen molar-refractivity contribution in [2.45, 2.75) is 50.4 Å². The molecule has 1 aromatic heterocycles. The number of hydrogen-bond donors (Lipinski definition) is 1. The maximum atomic E-state index is 12.3. The largest absolute Gasteiger partial charge is 0.349 e. The molecule has 1 N–H and O–H groups in total. The molecule has 0 radical (unpaired) electrons. The Kier molecular flexibility index (Phi) is 5.61. The van der Waals surface area contributed by atoms with Gasteiger partial charge in [0, 0.05) is 16.9 Å². The Morgan fingerprint density at radius 1 is 1.42 bits per heavy atom. The van der Waals surface area contributed by atoms with E-state index in [1.54, 1.807) is 0 Å². The molecule has 7 heteroatoms. The van der Waals surface area contributed by atoms with Crippen LogP contribution in [0, 0.1) is 0 Å². The third-order valence-corrected chi connectivity index (χ3v) is 5.77. The number of halogens is 1. The summed E-state index contributed by atoms with van der Waals surface area (Å²) < 4.78 is 3.14. The van der Waals surface area contributed by atoms with Crippen molar-refractivity contribution in [2.24, 2.45) is 0 Å². The summed E-state index contributed by atoms with van der Waals surface area (Å²) in [5.41, 5.74) is 1.07. The summed E-state index contributed by atoms with van der Waals surface area (Å²) >= 11 is 4.98. The van der Waals surface area contributed by atoms with Crippen molar-refractivity contribution in [1.29, 1.82) is 0 Å². The van der Waals surface area contributed by atoms with E-state index in [0.29, 0.717) is 11.7 Å². The molecule has 1 heterocycles. The molecule has 0 spiro atoms. The van der Waals surface area contributed by atoms with Gasteiger partial charge < -0.3 is 9.88 Å². The van der Waals surface area contributed by atoms with Gasteiger partial charge in [-0.25, -0.2) is 0 Å². The fourth-order valence-electron chi connectivity index (χ4n) is 2.66. The molecular weight excluding hydrogens is 388 g/mol. The third kappa shape index (κ3) is 4.00. The van der Waals surface area contributed by atoms with Crippen LogP contribution < -0.4 is 5.32 Å². The Labute approximate surface area is 154 Å². The molecule has 0 saturated heterocycles. The van der Waals surface area contributed by atoms with Gasteiger partial charge >= 0.3 is 0 Å². The van der Waals surface area contributed by atoms with Crippen LogP contribution >= 0.6 is 27.7 Å². The van der Waals surface area contributed by atoms with Crippen molar-refractivity contribution < 1.29 is 4.79 Å². The number of amides is 1. The summed E-state index contributed by atoms with van der Waals surface area (Å²) in [6.07, 6.45) is 2.40. The summed E-state index contributed by atoms with van der Waals surface area (Å²) in [5, 5.41) is 12.4. The van der Waals surface area contributed by atoms with Crippen molar-refractivity contribution in [1.82, 2.24) is 20.1 Å². The molecule has 3 rings (SSSR count). The lowest BCUT2D eigenvalue weighted by molar-refractivity contribution is -0.119. The molecule has 1 aliphatic carbocycles. The molecule has 0 bridgehead atoms. The lowest BCUT2D eigenvalue weighted by Gasteiger charge is -2.15. The van der Waals surface area contributed by atoms with E-state index in [-0.39, 0.29) is 11.9 Å². The predicted molar refractivity (Wildman–Crippen MR) is 99.1 cm³/mol. The van der Waals surface area contributed by atoms with Crippen molar-refractivity contribution in [3.05, 3.63) is 40.1 Å². The molecule has 0 aliphatic heterocycles. The predicted octanol–water partition coefficient (Wildman–Crippen LogP) is 3.91. The highest BCUT2D eigenvalue weighted by Gasteiger charge is 2.30. The molecule has 5 nitrogen and oxygen atoms in total. The zero-order chi connectivity index (χ0) is 17.1. The van der Waals surface area contributed by atoms with Gasteiger partial charge in [0.2, 0.25) is 5.91 Å². The third-order valence-electron chi connectivity index (χ3n) is 4.09. The highest BCUT2D eigenvalue weighted by Crippen LogP contribution is 2.39. The van der Waals surface area contributed by atoms with Crippen LogP contribution in [-0.2, 0) is 11.3 Å². The number of rotatable bonds is 7. The van der Waals surface area contributed by atoms with Crippen LogP contribution in [0.15, 0.2) is 33.9 Å². The van der Waals surface area contributed by atoms with Gasteiger partial charge in [0.25, 0.3) is 0 Å². The second-order valence-electron chi connectivity index (χ2n) is 5.96. The quantitative estimate of drug-likeness (QED) is 0.705. The number of hydrogen-bond acceptors (Lipinski definition) is 4.